The molecule has 0 fully saturated rings. The van der Waals surface area contributed by atoms with Gasteiger partial charge in [-0.15, -0.1) is 0 Å². The van der Waals surface area contributed by atoms with Gasteiger partial charge in [-0.2, -0.15) is 5.10 Å². The van der Waals surface area contributed by atoms with Crippen LogP contribution in [0.1, 0.15) is 30.5 Å². The molecule has 34 heavy (non-hydrogen) atoms. The maximum absolute atomic E-state index is 14.2. The van der Waals surface area contributed by atoms with Gasteiger partial charge in [-0.3, -0.25) is 0 Å². The summed E-state index contributed by atoms with van der Waals surface area (Å²) in [6.07, 6.45) is 1.50. The molecule has 1 aromatic heterocycles. The minimum atomic E-state index is -3.56. The van der Waals surface area contributed by atoms with Crippen LogP contribution in [-0.4, -0.2) is 20.6 Å². The van der Waals surface area contributed by atoms with Crippen LogP contribution in [0.5, 0.6) is 5.88 Å². The summed E-state index contributed by atoms with van der Waals surface area (Å²) in [7, 11) is -3.56. The molecular formula is C27H28N4O2S. The first-order valence-corrected chi connectivity index (χ1v) is 12.8. The molecule has 1 unspecified atom stereocenters. The number of hydrogen-bond acceptors (Lipinski definition) is 4. The second kappa shape index (κ2) is 8.42. The van der Waals surface area contributed by atoms with E-state index in [0.717, 1.165) is 16.7 Å². The van der Waals surface area contributed by atoms with Crippen LogP contribution in [0, 0.1) is 10.2 Å². The zero-order valence-corrected chi connectivity index (χ0v) is 20.1. The molecule has 5 rings (SSSR count). The molecule has 0 spiro atoms. The van der Waals surface area contributed by atoms with E-state index in [9.17, 15) is 4.21 Å². The van der Waals surface area contributed by atoms with E-state index in [1.54, 1.807) is 4.68 Å². The fourth-order valence-corrected chi connectivity index (χ4v) is 6.04. The van der Waals surface area contributed by atoms with Crippen LogP contribution in [0.15, 0.2) is 102 Å². The molecule has 0 amide bonds. The monoisotopic (exact) mass is 472 g/mol. The van der Waals surface area contributed by atoms with E-state index in [-0.39, 0.29) is 10.3 Å². The summed E-state index contributed by atoms with van der Waals surface area (Å²) >= 11 is 0. The van der Waals surface area contributed by atoms with Crippen molar-refractivity contribution in [2.45, 2.75) is 30.8 Å². The van der Waals surface area contributed by atoms with Gasteiger partial charge in [-0.05, 0) is 16.7 Å². The lowest BCUT2D eigenvalue weighted by Crippen LogP contribution is -2.47. The third-order valence-corrected chi connectivity index (χ3v) is 7.66. The highest BCUT2D eigenvalue weighted by Gasteiger charge is 2.41. The largest absolute Gasteiger partial charge is 0.476 e. The van der Waals surface area contributed by atoms with Crippen molar-refractivity contribution in [1.29, 1.82) is 4.78 Å². The first-order valence-electron chi connectivity index (χ1n) is 11.2. The number of hydrogen-bond donors (Lipinski definition) is 2. The van der Waals surface area contributed by atoms with Gasteiger partial charge < -0.3 is 4.74 Å². The smallest absolute Gasteiger partial charge is 0.230 e. The summed E-state index contributed by atoms with van der Waals surface area (Å²) in [5.74, 6) is 0.398. The van der Waals surface area contributed by atoms with Gasteiger partial charge in [0.15, 0.2) is 0 Å². The Morgan fingerprint density at radius 3 is 1.85 bits per heavy atom. The van der Waals surface area contributed by atoms with Crippen molar-refractivity contribution in [3.63, 3.8) is 0 Å². The second-order valence-corrected chi connectivity index (χ2v) is 11.2. The molecule has 1 aliphatic rings. The van der Waals surface area contributed by atoms with Crippen molar-refractivity contribution in [2.24, 2.45) is 5.41 Å². The van der Waals surface area contributed by atoms with E-state index >= 15 is 0 Å². The number of ether oxygens (including phenoxy) is 1. The zero-order chi connectivity index (χ0) is 23.8. The van der Waals surface area contributed by atoms with Gasteiger partial charge >= 0.3 is 0 Å². The summed E-state index contributed by atoms with van der Waals surface area (Å²) < 4.78 is 34.3. The number of nitrogens with zero attached hydrogens (tertiary/aromatic N) is 2. The Labute approximate surface area is 200 Å². The molecule has 0 radical (unpaired) electrons. The Hall–Kier alpha value is -3.42. The predicted octanol–water partition coefficient (Wildman–Crippen LogP) is 5.20. The Kier molecular flexibility index (Phi) is 5.54. The first-order chi connectivity index (χ1) is 16.3. The molecule has 2 N–H and O–H groups in total. The van der Waals surface area contributed by atoms with Crippen molar-refractivity contribution in [2.75, 3.05) is 6.61 Å². The van der Waals surface area contributed by atoms with Crippen LogP contribution >= 0.6 is 0 Å². The van der Waals surface area contributed by atoms with Crippen LogP contribution in [0.25, 0.3) is 0 Å². The van der Waals surface area contributed by atoms with Gasteiger partial charge in [0.1, 0.15) is 20.3 Å². The maximum Gasteiger partial charge on any atom is 0.230 e. The topological polar surface area (TPSA) is 80.0 Å². The van der Waals surface area contributed by atoms with E-state index in [1.807, 2.05) is 91.0 Å². The molecule has 1 atom stereocenters. The average Bonchev–Trinajstić information content (AvgIpc) is 3.27. The highest BCUT2D eigenvalue weighted by Crippen LogP contribution is 2.40. The average molecular weight is 473 g/mol. The van der Waals surface area contributed by atoms with Crippen LogP contribution in [0.3, 0.4) is 0 Å². The number of fused-ring (bicyclic) bond motifs is 1. The molecule has 174 valence electrons. The molecule has 7 heteroatoms. The number of aromatic nitrogens is 2. The van der Waals surface area contributed by atoms with Crippen molar-refractivity contribution >= 4 is 9.92 Å². The molecule has 0 saturated heterocycles. The number of benzene rings is 3. The molecule has 4 aromatic rings. The third kappa shape index (κ3) is 3.91. The van der Waals surface area contributed by atoms with Gasteiger partial charge in [0.05, 0.1) is 19.3 Å². The van der Waals surface area contributed by atoms with E-state index < -0.39 is 15.5 Å². The molecule has 1 aliphatic heterocycles. The fraction of sp³-hybridized carbons (Fsp3) is 0.222. The van der Waals surface area contributed by atoms with Crippen molar-refractivity contribution < 1.29 is 8.95 Å². The molecule has 2 heterocycles. The molecule has 3 aromatic carbocycles. The highest BCUT2D eigenvalue weighted by molar-refractivity contribution is 7.90. The normalized spacial score (nSPS) is 16.8. The first kappa shape index (κ1) is 22.4. The van der Waals surface area contributed by atoms with Crippen LogP contribution in [-0.2, 0) is 22.0 Å². The van der Waals surface area contributed by atoms with Gasteiger partial charge in [0.25, 0.3) is 0 Å². The quantitative estimate of drug-likeness (QED) is 0.378. The fourth-order valence-electron chi connectivity index (χ4n) is 4.54. The Morgan fingerprint density at radius 1 is 0.912 bits per heavy atom. The SMILES string of the molecule is CC1(C)COc2c(S(=N)(=O)NC(c3ccccc3)(c3ccccc3)c3ccccc3)cnn2C1. The molecule has 0 aliphatic carbocycles. The highest BCUT2D eigenvalue weighted by atomic mass is 32.2. The van der Waals surface area contributed by atoms with Gasteiger partial charge in [-0.1, -0.05) is 105 Å². The van der Waals surface area contributed by atoms with Gasteiger partial charge in [0.2, 0.25) is 5.88 Å². The lowest BCUT2D eigenvalue weighted by atomic mass is 9.78. The van der Waals surface area contributed by atoms with Gasteiger partial charge in [-0.25, -0.2) is 18.4 Å². The Balaban J connectivity index is 1.71. The molecule has 6 nitrogen and oxygen atoms in total. The van der Waals surface area contributed by atoms with Crippen LogP contribution < -0.4 is 9.46 Å². The van der Waals surface area contributed by atoms with E-state index in [4.69, 9.17) is 9.52 Å². The number of nitrogens with one attached hydrogen (secondary N) is 2. The zero-order valence-electron chi connectivity index (χ0n) is 19.3. The predicted molar refractivity (Wildman–Crippen MR) is 133 cm³/mol. The lowest BCUT2D eigenvalue weighted by molar-refractivity contribution is 0.0971. The lowest BCUT2D eigenvalue weighted by Gasteiger charge is -2.37. The Morgan fingerprint density at radius 2 is 1.38 bits per heavy atom. The summed E-state index contributed by atoms with van der Waals surface area (Å²) in [4.78, 5) is 0.259. The summed E-state index contributed by atoms with van der Waals surface area (Å²) in [6.45, 7) is 5.30. The van der Waals surface area contributed by atoms with Crippen molar-refractivity contribution in [1.82, 2.24) is 14.5 Å². The van der Waals surface area contributed by atoms with Crippen molar-refractivity contribution in [3.05, 3.63) is 114 Å². The molecular weight excluding hydrogens is 444 g/mol. The van der Waals surface area contributed by atoms with E-state index in [2.05, 4.69) is 23.7 Å². The summed E-state index contributed by atoms with van der Waals surface area (Å²) in [6, 6.07) is 29.5. The standard InChI is InChI=1S/C27H28N4O2S/c1-26(2)19-31-25(33-20-26)24(18-29-31)34(28,32)30-27(21-12-6-3-7-13-21,22-14-8-4-9-15-22)23-16-10-5-11-17-23/h3-18H,19-20H2,1-2H3,(H2,28,30,32). The summed E-state index contributed by atoms with van der Waals surface area (Å²) in [5.41, 5.74) is 1.53. The maximum atomic E-state index is 14.2. The van der Waals surface area contributed by atoms with E-state index in [0.29, 0.717) is 19.0 Å². The third-order valence-electron chi connectivity index (χ3n) is 6.16. The second-order valence-electron chi connectivity index (χ2n) is 9.43. The Bertz CT molecular complexity index is 1290. The minimum absolute atomic E-state index is 0.0888. The van der Waals surface area contributed by atoms with Crippen molar-refractivity contribution in [3.8, 4) is 5.88 Å². The molecule has 0 bridgehead atoms. The minimum Gasteiger partial charge on any atom is -0.476 e. The van der Waals surface area contributed by atoms with Gasteiger partial charge in [0, 0.05) is 5.41 Å². The molecule has 0 saturated carbocycles. The van der Waals surface area contributed by atoms with E-state index in [1.165, 1.54) is 6.20 Å². The summed E-state index contributed by atoms with van der Waals surface area (Å²) in [5, 5.41) is 4.42. The van der Waals surface area contributed by atoms with Crippen LogP contribution in [0.4, 0.5) is 0 Å². The van der Waals surface area contributed by atoms with Crippen LogP contribution in [0.2, 0.25) is 0 Å². The number of rotatable bonds is 6.